The molecule has 0 amide bonds. The van der Waals surface area contributed by atoms with Gasteiger partial charge >= 0.3 is 5.97 Å². The minimum Gasteiger partial charge on any atom is -0.465 e. The van der Waals surface area contributed by atoms with Gasteiger partial charge in [0.05, 0.1) is 25.9 Å². The third-order valence-electron chi connectivity index (χ3n) is 2.35. The third kappa shape index (κ3) is 6.00. The first-order valence-corrected chi connectivity index (χ1v) is 6.03. The van der Waals surface area contributed by atoms with Gasteiger partial charge in [-0.05, 0) is 27.3 Å². The number of nitrogens with one attached hydrogen (secondary N) is 1. The van der Waals surface area contributed by atoms with Crippen LogP contribution in [0.3, 0.4) is 0 Å². The van der Waals surface area contributed by atoms with Crippen LogP contribution < -0.4 is 5.32 Å². The van der Waals surface area contributed by atoms with Crippen molar-refractivity contribution in [3.63, 3.8) is 0 Å². The SMILES string of the molecule is CCNC(C)(COC(C)COC)C(=O)OCC. The van der Waals surface area contributed by atoms with E-state index in [0.717, 1.165) is 0 Å². The predicted molar refractivity (Wildman–Crippen MR) is 66.0 cm³/mol. The van der Waals surface area contributed by atoms with Gasteiger partial charge in [-0.15, -0.1) is 0 Å². The molecule has 5 heteroatoms. The number of methoxy groups -OCH3 is 1. The maximum Gasteiger partial charge on any atom is 0.328 e. The molecule has 0 aliphatic carbocycles. The molecule has 0 aromatic carbocycles. The summed E-state index contributed by atoms with van der Waals surface area (Å²) in [4.78, 5) is 11.8. The molecule has 0 heterocycles. The van der Waals surface area contributed by atoms with Crippen molar-refractivity contribution in [1.29, 1.82) is 0 Å². The zero-order valence-electron chi connectivity index (χ0n) is 11.5. The molecule has 0 aromatic heterocycles. The molecule has 0 bridgehead atoms. The molecule has 0 spiro atoms. The summed E-state index contributed by atoms with van der Waals surface area (Å²) in [6, 6.07) is 0. The zero-order valence-corrected chi connectivity index (χ0v) is 11.5. The average Bonchev–Trinajstić information content (AvgIpc) is 2.27. The van der Waals surface area contributed by atoms with E-state index in [-0.39, 0.29) is 18.7 Å². The minimum atomic E-state index is -0.799. The molecule has 0 rings (SSSR count). The Hall–Kier alpha value is -0.650. The molecule has 0 aliphatic heterocycles. The molecule has 0 aromatic rings. The van der Waals surface area contributed by atoms with Crippen molar-refractivity contribution in [3.8, 4) is 0 Å². The van der Waals surface area contributed by atoms with Crippen LogP contribution in [0.25, 0.3) is 0 Å². The van der Waals surface area contributed by atoms with Crippen LogP contribution in [-0.2, 0) is 19.0 Å². The van der Waals surface area contributed by atoms with Gasteiger partial charge in [-0.2, -0.15) is 0 Å². The summed E-state index contributed by atoms with van der Waals surface area (Å²) in [6.07, 6.45) is -0.0487. The molecular weight excluding hydrogens is 222 g/mol. The van der Waals surface area contributed by atoms with E-state index in [1.165, 1.54) is 0 Å². The molecule has 0 fully saturated rings. The second kappa shape index (κ2) is 8.44. The van der Waals surface area contributed by atoms with E-state index in [0.29, 0.717) is 19.8 Å². The van der Waals surface area contributed by atoms with Crippen LogP contribution in [-0.4, -0.2) is 51.1 Å². The Morgan fingerprint density at radius 3 is 2.53 bits per heavy atom. The number of esters is 1. The lowest BCUT2D eigenvalue weighted by atomic mass is 10.0. The maximum absolute atomic E-state index is 11.8. The first-order chi connectivity index (χ1) is 8.00. The van der Waals surface area contributed by atoms with Gasteiger partial charge in [0, 0.05) is 7.11 Å². The Morgan fingerprint density at radius 2 is 2.06 bits per heavy atom. The normalized spacial score (nSPS) is 16.3. The van der Waals surface area contributed by atoms with Crippen molar-refractivity contribution in [1.82, 2.24) is 5.32 Å². The number of rotatable bonds is 9. The Kier molecular flexibility index (Phi) is 8.12. The highest BCUT2D eigenvalue weighted by molar-refractivity contribution is 5.80. The van der Waals surface area contributed by atoms with Gasteiger partial charge in [-0.3, -0.25) is 0 Å². The molecule has 0 saturated heterocycles. The summed E-state index contributed by atoms with van der Waals surface area (Å²) in [6.45, 7) is 9.24. The van der Waals surface area contributed by atoms with E-state index in [1.54, 1.807) is 21.0 Å². The number of carbonyl (C=O) groups excluding carboxylic acids is 1. The van der Waals surface area contributed by atoms with Crippen molar-refractivity contribution >= 4 is 5.97 Å². The number of likely N-dealkylation sites (N-methyl/N-ethyl adjacent to an activating group) is 1. The topological polar surface area (TPSA) is 56.8 Å². The number of hydrogen-bond donors (Lipinski definition) is 1. The van der Waals surface area contributed by atoms with Crippen molar-refractivity contribution in [2.45, 2.75) is 39.3 Å². The number of carbonyl (C=O) groups is 1. The minimum absolute atomic E-state index is 0.0487. The molecule has 2 atom stereocenters. The van der Waals surface area contributed by atoms with Crippen LogP contribution in [0.4, 0.5) is 0 Å². The van der Waals surface area contributed by atoms with E-state index in [1.807, 2.05) is 13.8 Å². The van der Waals surface area contributed by atoms with Crippen molar-refractivity contribution in [2.24, 2.45) is 0 Å². The molecule has 0 aliphatic rings. The highest BCUT2D eigenvalue weighted by Crippen LogP contribution is 2.09. The lowest BCUT2D eigenvalue weighted by Crippen LogP contribution is -2.54. The van der Waals surface area contributed by atoms with Gasteiger partial charge in [-0.25, -0.2) is 4.79 Å². The summed E-state index contributed by atoms with van der Waals surface area (Å²) in [5.74, 6) is -0.286. The zero-order chi connectivity index (χ0) is 13.3. The van der Waals surface area contributed by atoms with Gasteiger partial charge in [0.1, 0.15) is 5.54 Å². The largest absolute Gasteiger partial charge is 0.465 e. The lowest BCUT2D eigenvalue weighted by molar-refractivity contribution is -0.154. The molecule has 102 valence electrons. The van der Waals surface area contributed by atoms with E-state index in [2.05, 4.69) is 5.32 Å². The molecule has 0 radical (unpaired) electrons. The summed E-state index contributed by atoms with van der Waals surface area (Å²) in [5, 5.41) is 3.10. The van der Waals surface area contributed by atoms with Crippen molar-refractivity contribution < 1.29 is 19.0 Å². The highest BCUT2D eigenvalue weighted by atomic mass is 16.5. The van der Waals surface area contributed by atoms with Gasteiger partial charge < -0.3 is 19.5 Å². The van der Waals surface area contributed by atoms with E-state index < -0.39 is 5.54 Å². The first kappa shape index (κ1) is 16.4. The molecule has 5 nitrogen and oxygen atoms in total. The Balaban J connectivity index is 4.34. The predicted octanol–water partition coefficient (Wildman–Crippen LogP) is 0.969. The van der Waals surface area contributed by atoms with Crippen molar-refractivity contribution in [2.75, 3.05) is 33.5 Å². The van der Waals surface area contributed by atoms with Gasteiger partial charge in [0.15, 0.2) is 0 Å². The maximum atomic E-state index is 11.8. The van der Waals surface area contributed by atoms with Crippen LogP contribution >= 0.6 is 0 Å². The number of ether oxygens (including phenoxy) is 3. The van der Waals surface area contributed by atoms with Crippen LogP contribution in [0.15, 0.2) is 0 Å². The Morgan fingerprint density at radius 1 is 1.41 bits per heavy atom. The van der Waals surface area contributed by atoms with E-state index in [9.17, 15) is 4.79 Å². The summed E-state index contributed by atoms with van der Waals surface area (Å²) >= 11 is 0. The quantitative estimate of drug-likeness (QED) is 0.615. The fourth-order valence-corrected chi connectivity index (χ4v) is 1.45. The van der Waals surface area contributed by atoms with E-state index >= 15 is 0 Å². The monoisotopic (exact) mass is 247 g/mol. The van der Waals surface area contributed by atoms with E-state index in [4.69, 9.17) is 14.2 Å². The lowest BCUT2D eigenvalue weighted by Gasteiger charge is -2.29. The Labute approximate surface area is 104 Å². The highest BCUT2D eigenvalue weighted by Gasteiger charge is 2.34. The average molecular weight is 247 g/mol. The summed E-state index contributed by atoms with van der Waals surface area (Å²) in [7, 11) is 1.62. The second-order valence-electron chi connectivity index (χ2n) is 4.16. The smallest absolute Gasteiger partial charge is 0.328 e. The van der Waals surface area contributed by atoms with Crippen LogP contribution in [0.1, 0.15) is 27.7 Å². The number of hydrogen-bond acceptors (Lipinski definition) is 5. The molecule has 17 heavy (non-hydrogen) atoms. The Bertz CT molecular complexity index is 223. The van der Waals surface area contributed by atoms with Crippen LogP contribution in [0.2, 0.25) is 0 Å². The fourth-order valence-electron chi connectivity index (χ4n) is 1.45. The van der Waals surface area contributed by atoms with Gasteiger partial charge in [-0.1, -0.05) is 6.92 Å². The molecule has 0 saturated carbocycles. The third-order valence-corrected chi connectivity index (χ3v) is 2.35. The van der Waals surface area contributed by atoms with Crippen LogP contribution in [0, 0.1) is 0 Å². The van der Waals surface area contributed by atoms with Crippen LogP contribution in [0.5, 0.6) is 0 Å². The van der Waals surface area contributed by atoms with Gasteiger partial charge in [0.2, 0.25) is 0 Å². The summed E-state index contributed by atoms with van der Waals surface area (Å²) in [5.41, 5.74) is -0.799. The standard InChI is InChI=1S/C12H25NO4/c1-6-13-12(4,11(14)16-7-2)9-17-10(3)8-15-5/h10,13H,6-9H2,1-5H3. The molecule has 2 unspecified atom stereocenters. The first-order valence-electron chi connectivity index (χ1n) is 6.03. The van der Waals surface area contributed by atoms with Gasteiger partial charge in [0.25, 0.3) is 0 Å². The van der Waals surface area contributed by atoms with Crippen molar-refractivity contribution in [3.05, 3.63) is 0 Å². The molecular formula is C12H25NO4. The second-order valence-corrected chi connectivity index (χ2v) is 4.16. The fraction of sp³-hybridized carbons (Fsp3) is 0.917. The molecule has 1 N–H and O–H groups in total. The summed E-state index contributed by atoms with van der Waals surface area (Å²) < 4.78 is 15.6.